The van der Waals surface area contributed by atoms with Gasteiger partial charge in [0.05, 0.1) is 16.7 Å². The van der Waals surface area contributed by atoms with E-state index < -0.39 is 0 Å². The van der Waals surface area contributed by atoms with Crippen molar-refractivity contribution in [2.45, 2.75) is 32.1 Å². The summed E-state index contributed by atoms with van der Waals surface area (Å²) in [7, 11) is 0. The van der Waals surface area contributed by atoms with E-state index in [0.717, 1.165) is 5.56 Å². The molecule has 0 aromatic heterocycles. The van der Waals surface area contributed by atoms with Crippen LogP contribution in [0.25, 0.3) is 0 Å². The lowest BCUT2D eigenvalue weighted by atomic mass is 9.86. The van der Waals surface area contributed by atoms with Crippen LogP contribution < -0.4 is 5.32 Å². The second-order valence-corrected chi connectivity index (χ2v) is 6.61. The van der Waals surface area contributed by atoms with Gasteiger partial charge in [-0.1, -0.05) is 44.2 Å². The zero-order valence-electron chi connectivity index (χ0n) is 12.9. The van der Waals surface area contributed by atoms with Gasteiger partial charge in [0, 0.05) is 18.1 Å². The molecule has 1 aliphatic heterocycles. The first-order valence-electron chi connectivity index (χ1n) is 7.34. The summed E-state index contributed by atoms with van der Waals surface area (Å²) >= 11 is 1.45. The van der Waals surface area contributed by atoms with E-state index in [1.807, 2.05) is 12.1 Å². The van der Waals surface area contributed by atoms with E-state index >= 15 is 0 Å². The maximum atomic E-state index is 12.0. The topological polar surface area (TPSA) is 52.9 Å². The molecule has 0 unspecified atom stereocenters. The van der Waals surface area contributed by atoms with Crippen molar-refractivity contribution in [1.29, 1.82) is 5.26 Å². The van der Waals surface area contributed by atoms with Crippen LogP contribution in [0, 0.1) is 11.3 Å². The van der Waals surface area contributed by atoms with Gasteiger partial charge >= 0.3 is 0 Å². The SMILES string of the molecule is C=CCSC1=C(C#N)[C@H](c2ccc(C(C)C)cc2)CC(=O)N1. The summed E-state index contributed by atoms with van der Waals surface area (Å²) in [6, 6.07) is 10.5. The predicted octanol–water partition coefficient (Wildman–Crippen LogP) is 4.07. The summed E-state index contributed by atoms with van der Waals surface area (Å²) in [6.07, 6.45) is 2.09. The number of nitriles is 1. The van der Waals surface area contributed by atoms with Crippen LogP contribution in [0.15, 0.2) is 47.5 Å². The largest absolute Gasteiger partial charge is 0.320 e. The fraction of sp³-hybridized carbons (Fsp3) is 0.333. The molecule has 4 heteroatoms. The van der Waals surface area contributed by atoms with Crippen LogP contribution in [0.1, 0.15) is 43.2 Å². The minimum atomic E-state index is -0.160. The molecule has 0 bridgehead atoms. The number of carbonyl (C=O) groups excluding carboxylic acids is 1. The summed E-state index contributed by atoms with van der Waals surface area (Å²) in [6.45, 7) is 7.97. The third-order valence-corrected chi connectivity index (χ3v) is 4.72. The van der Waals surface area contributed by atoms with E-state index in [1.54, 1.807) is 6.08 Å². The Morgan fingerprint density at radius 2 is 2.14 bits per heavy atom. The highest BCUT2D eigenvalue weighted by Gasteiger charge is 2.29. The summed E-state index contributed by atoms with van der Waals surface area (Å²) in [5.41, 5.74) is 2.92. The van der Waals surface area contributed by atoms with E-state index in [0.29, 0.717) is 28.7 Å². The summed E-state index contributed by atoms with van der Waals surface area (Å²) in [5.74, 6) is 0.934. The summed E-state index contributed by atoms with van der Waals surface area (Å²) in [4.78, 5) is 12.0. The van der Waals surface area contributed by atoms with Crippen LogP contribution >= 0.6 is 11.8 Å². The highest BCUT2D eigenvalue weighted by Crippen LogP contribution is 2.36. The molecule has 0 saturated heterocycles. The molecule has 1 amide bonds. The van der Waals surface area contributed by atoms with Crippen molar-refractivity contribution < 1.29 is 4.79 Å². The Kier molecular flexibility index (Phi) is 5.46. The van der Waals surface area contributed by atoms with Crippen LogP contribution in [0.4, 0.5) is 0 Å². The lowest BCUT2D eigenvalue weighted by Crippen LogP contribution is -2.30. The third kappa shape index (κ3) is 3.61. The van der Waals surface area contributed by atoms with Crippen molar-refractivity contribution in [2.75, 3.05) is 5.75 Å². The van der Waals surface area contributed by atoms with Crippen molar-refractivity contribution in [2.24, 2.45) is 0 Å². The number of hydrogen-bond donors (Lipinski definition) is 1. The molecule has 114 valence electrons. The number of benzene rings is 1. The predicted molar refractivity (Wildman–Crippen MR) is 91.3 cm³/mol. The molecule has 0 saturated carbocycles. The van der Waals surface area contributed by atoms with E-state index in [9.17, 15) is 10.1 Å². The van der Waals surface area contributed by atoms with E-state index in [-0.39, 0.29) is 11.8 Å². The molecular formula is C18H20N2OS. The highest BCUT2D eigenvalue weighted by atomic mass is 32.2. The molecular weight excluding hydrogens is 292 g/mol. The zero-order valence-corrected chi connectivity index (χ0v) is 13.7. The average molecular weight is 312 g/mol. The van der Waals surface area contributed by atoms with Crippen LogP contribution in [-0.4, -0.2) is 11.7 Å². The first-order valence-corrected chi connectivity index (χ1v) is 8.33. The van der Waals surface area contributed by atoms with Crippen molar-refractivity contribution in [3.63, 3.8) is 0 Å². The number of amides is 1. The van der Waals surface area contributed by atoms with Crippen molar-refractivity contribution in [3.8, 4) is 6.07 Å². The van der Waals surface area contributed by atoms with Gasteiger partial charge in [-0.15, -0.1) is 18.3 Å². The monoisotopic (exact) mass is 312 g/mol. The molecule has 1 aromatic rings. The molecule has 22 heavy (non-hydrogen) atoms. The molecule has 1 heterocycles. The molecule has 1 aromatic carbocycles. The fourth-order valence-electron chi connectivity index (χ4n) is 2.47. The molecule has 0 spiro atoms. The van der Waals surface area contributed by atoms with Crippen LogP contribution in [0.3, 0.4) is 0 Å². The second-order valence-electron chi connectivity index (χ2n) is 5.58. The lowest BCUT2D eigenvalue weighted by Gasteiger charge is -2.25. The normalized spacial score (nSPS) is 18.1. The third-order valence-electron chi connectivity index (χ3n) is 3.71. The van der Waals surface area contributed by atoms with E-state index in [4.69, 9.17) is 0 Å². The molecule has 1 aliphatic rings. The minimum Gasteiger partial charge on any atom is -0.320 e. The first-order chi connectivity index (χ1) is 10.6. The molecule has 2 rings (SSSR count). The number of carbonyl (C=O) groups is 1. The molecule has 0 fully saturated rings. The molecule has 0 radical (unpaired) electrons. The van der Waals surface area contributed by atoms with Gasteiger partial charge in [0.2, 0.25) is 5.91 Å². The maximum absolute atomic E-state index is 12.0. The van der Waals surface area contributed by atoms with Crippen molar-refractivity contribution >= 4 is 17.7 Å². The molecule has 1 atom stereocenters. The Hall–Kier alpha value is -1.99. The van der Waals surface area contributed by atoms with Gasteiger partial charge in [-0.3, -0.25) is 4.79 Å². The first kappa shape index (κ1) is 16.4. The second kappa shape index (κ2) is 7.33. The van der Waals surface area contributed by atoms with Gasteiger partial charge in [0.25, 0.3) is 0 Å². The number of thioether (sulfide) groups is 1. The number of allylic oxidation sites excluding steroid dienone is 1. The Labute approximate surface area is 136 Å². The van der Waals surface area contributed by atoms with Crippen LogP contribution in [-0.2, 0) is 4.79 Å². The molecule has 0 aliphatic carbocycles. The lowest BCUT2D eigenvalue weighted by molar-refractivity contribution is -0.120. The summed E-state index contributed by atoms with van der Waals surface area (Å²) < 4.78 is 0. The van der Waals surface area contributed by atoms with Gasteiger partial charge < -0.3 is 5.32 Å². The quantitative estimate of drug-likeness (QED) is 0.834. The van der Waals surface area contributed by atoms with Gasteiger partial charge in [-0.2, -0.15) is 5.26 Å². The molecule has 3 nitrogen and oxygen atoms in total. The Bertz CT molecular complexity index is 638. The van der Waals surface area contributed by atoms with Gasteiger partial charge in [0.15, 0.2) is 0 Å². The zero-order chi connectivity index (χ0) is 16.1. The standard InChI is InChI=1S/C18H20N2OS/c1-4-9-22-18-16(11-19)15(10-17(21)20-18)14-7-5-13(6-8-14)12(2)3/h4-8,12,15H,1,9-10H2,2-3H3,(H,20,21)/t15-/m0/s1. The number of nitrogens with one attached hydrogen (secondary N) is 1. The highest BCUT2D eigenvalue weighted by molar-refractivity contribution is 8.03. The van der Waals surface area contributed by atoms with Crippen LogP contribution in [0.5, 0.6) is 0 Å². The number of rotatable bonds is 5. The minimum absolute atomic E-state index is 0.0384. The van der Waals surface area contributed by atoms with E-state index in [2.05, 4.69) is 43.9 Å². The summed E-state index contributed by atoms with van der Waals surface area (Å²) in [5, 5.41) is 13.0. The Morgan fingerprint density at radius 3 is 2.68 bits per heavy atom. The fourth-order valence-corrected chi connectivity index (χ4v) is 3.29. The maximum Gasteiger partial charge on any atom is 0.225 e. The van der Waals surface area contributed by atoms with Crippen molar-refractivity contribution in [1.82, 2.24) is 5.32 Å². The van der Waals surface area contributed by atoms with Crippen molar-refractivity contribution in [3.05, 3.63) is 58.6 Å². The number of nitrogens with zero attached hydrogens (tertiary/aromatic N) is 1. The van der Waals surface area contributed by atoms with Gasteiger partial charge in [-0.25, -0.2) is 0 Å². The number of hydrogen-bond acceptors (Lipinski definition) is 3. The van der Waals surface area contributed by atoms with Gasteiger partial charge in [-0.05, 0) is 17.0 Å². The smallest absolute Gasteiger partial charge is 0.225 e. The Morgan fingerprint density at radius 1 is 1.45 bits per heavy atom. The van der Waals surface area contributed by atoms with Gasteiger partial charge in [0.1, 0.15) is 0 Å². The Balaban J connectivity index is 2.36. The van der Waals surface area contributed by atoms with E-state index in [1.165, 1.54) is 17.3 Å². The van der Waals surface area contributed by atoms with Crippen LogP contribution in [0.2, 0.25) is 0 Å². The average Bonchev–Trinajstić information content (AvgIpc) is 2.52. The molecule has 1 N–H and O–H groups in total.